The zero-order valence-electron chi connectivity index (χ0n) is 27.0. The normalized spacial score (nSPS) is 12.2. The van der Waals surface area contributed by atoms with Gasteiger partial charge in [0.1, 0.15) is 12.6 Å². The number of aryl methyl sites for hydroxylation is 1. The summed E-state index contributed by atoms with van der Waals surface area (Å²) in [4.78, 5) is 30.0. The highest BCUT2D eigenvalue weighted by atomic mass is 79.9. The Morgan fingerprint density at radius 2 is 1.43 bits per heavy atom. The summed E-state index contributed by atoms with van der Waals surface area (Å²) in [6.45, 7) is 9.36. The first kappa shape index (κ1) is 34.9. The largest absolute Gasteiger partial charge is 0.352 e. The van der Waals surface area contributed by atoms with Crippen LogP contribution in [0.15, 0.2) is 112 Å². The van der Waals surface area contributed by atoms with Crippen molar-refractivity contribution in [2.45, 2.75) is 70.5 Å². The second-order valence-electron chi connectivity index (χ2n) is 12.1. The van der Waals surface area contributed by atoms with Crippen molar-refractivity contribution in [3.63, 3.8) is 0 Å². The maximum atomic E-state index is 14.6. The van der Waals surface area contributed by atoms with Crippen LogP contribution in [0.3, 0.4) is 0 Å². The number of amides is 2. The number of hydrogen-bond donors (Lipinski definition) is 1. The van der Waals surface area contributed by atoms with E-state index in [4.69, 9.17) is 0 Å². The first-order valence-electron chi connectivity index (χ1n) is 15.4. The number of hydrogen-bond acceptors (Lipinski definition) is 4. The summed E-state index contributed by atoms with van der Waals surface area (Å²) in [5, 5.41) is 2.98. The molecule has 0 bridgehead atoms. The highest BCUT2D eigenvalue weighted by molar-refractivity contribution is 9.10. The Bertz CT molecular complexity index is 1720. The third-order valence-electron chi connectivity index (χ3n) is 7.68. The van der Waals surface area contributed by atoms with Crippen LogP contribution in [0.25, 0.3) is 0 Å². The summed E-state index contributed by atoms with van der Waals surface area (Å²) in [5.41, 5.74) is 4.02. The molecule has 242 valence electrons. The van der Waals surface area contributed by atoms with E-state index in [-0.39, 0.29) is 35.7 Å². The van der Waals surface area contributed by atoms with Crippen molar-refractivity contribution < 1.29 is 18.0 Å². The topological polar surface area (TPSA) is 86.8 Å². The Balaban J connectivity index is 1.81. The lowest BCUT2D eigenvalue weighted by Gasteiger charge is -2.34. The Labute approximate surface area is 281 Å². The van der Waals surface area contributed by atoms with Crippen molar-refractivity contribution in [3.05, 3.63) is 130 Å². The van der Waals surface area contributed by atoms with Gasteiger partial charge in [0.05, 0.1) is 10.6 Å². The Morgan fingerprint density at radius 3 is 2.02 bits per heavy atom. The molecule has 4 aromatic rings. The molecular weight excluding hydrogens is 662 g/mol. The fourth-order valence-corrected chi connectivity index (χ4v) is 7.02. The number of nitrogens with zero attached hydrogens (tertiary/aromatic N) is 2. The van der Waals surface area contributed by atoms with Gasteiger partial charge < -0.3 is 10.2 Å². The maximum Gasteiger partial charge on any atom is 0.264 e. The van der Waals surface area contributed by atoms with Gasteiger partial charge in [-0.05, 0) is 79.8 Å². The number of halogens is 1. The van der Waals surface area contributed by atoms with Crippen molar-refractivity contribution in [2.75, 3.05) is 10.8 Å². The molecule has 7 nitrogen and oxygen atoms in total. The Hall–Kier alpha value is -3.95. The van der Waals surface area contributed by atoms with Crippen molar-refractivity contribution in [1.29, 1.82) is 0 Å². The molecule has 0 spiro atoms. The molecule has 1 N–H and O–H groups in total. The summed E-state index contributed by atoms with van der Waals surface area (Å²) in [5.74, 6) is -0.559. The van der Waals surface area contributed by atoms with Crippen LogP contribution in [0.4, 0.5) is 5.69 Å². The third-order valence-corrected chi connectivity index (χ3v) is 9.96. The van der Waals surface area contributed by atoms with Crippen molar-refractivity contribution in [1.82, 2.24) is 10.2 Å². The molecule has 0 fully saturated rings. The number of carbonyl (C=O) groups excluding carboxylic acids is 2. The van der Waals surface area contributed by atoms with Crippen LogP contribution < -0.4 is 9.62 Å². The number of nitrogens with one attached hydrogen (secondary N) is 1. The van der Waals surface area contributed by atoms with Crippen LogP contribution in [0.5, 0.6) is 0 Å². The summed E-state index contributed by atoms with van der Waals surface area (Å²) in [7, 11) is -4.16. The van der Waals surface area contributed by atoms with Crippen LogP contribution in [0.1, 0.15) is 55.9 Å². The third kappa shape index (κ3) is 9.07. The Kier molecular flexibility index (Phi) is 11.8. The van der Waals surface area contributed by atoms with Gasteiger partial charge in [-0.1, -0.05) is 102 Å². The van der Waals surface area contributed by atoms with Gasteiger partial charge in [0.15, 0.2) is 0 Å². The minimum Gasteiger partial charge on any atom is -0.352 e. The molecule has 0 saturated heterocycles. The Morgan fingerprint density at radius 1 is 0.804 bits per heavy atom. The molecule has 4 aromatic carbocycles. The average molecular weight is 705 g/mol. The molecule has 0 saturated carbocycles. The molecule has 0 radical (unpaired) electrons. The molecular formula is C37H42BrN3O4S. The summed E-state index contributed by atoms with van der Waals surface area (Å²) in [6, 6.07) is 29.8. The average Bonchev–Trinajstić information content (AvgIpc) is 3.02. The molecule has 0 heterocycles. The second kappa shape index (κ2) is 15.6. The zero-order chi connectivity index (χ0) is 33.4. The predicted octanol–water partition coefficient (Wildman–Crippen LogP) is 7.24. The van der Waals surface area contributed by atoms with Crippen LogP contribution in [0.2, 0.25) is 0 Å². The summed E-state index contributed by atoms with van der Waals surface area (Å²) in [6.07, 6.45) is 0.257. The van der Waals surface area contributed by atoms with Gasteiger partial charge in [-0.2, -0.15) is 0 Å². The number of benzene rings is 4. The molecule has 1 atom stereocenters. The molecule has 0 aliphatic carbocycles. The van der Waals surface area contributed by atoms with E-state index in [1.807, 2.05) is 87.5 Å². The van der Waals surface area contributed by atoms with E-state index in [1.165, 1.54) is 4.90 Å². The van der Waals surface area contributed by atoms with E-state index in [0.29, 0.717) is 5.69 Å². The molecule has 4 rings (SSSR count). The lowest BCUT2D eigenvalue weighted by molar-refractivity contribution is -0.140. The van der Waals surface area contributed by atoms with E-state index < -0.39 is 28.5 Å². The van der Waals surface area contributed by atoms with Crippen LogP contribution in [-0.4, -0.2) is 43.8 Å². The van der Waals surface area contributed by atoms with Crippen molar-refractivity contribution in [2.24, 2.45) is 0 Å². The van der Waals surface area contributed by atoms with Gasteiger partial charge in [0.25, 0.3) is 10.0 Å². The second-order valence-corrected chi connectivity index (χ2v) is 14.9. The SMILES string of the molecule is Cc1ccc(S(=O)(=O)N(CC(=O)N(Cc2cccc(Br)c2)[C@H](Cc2ccccc2)C(=O)NC(C)C)c2ccc(C(C)C)cc2)cc1. The molecule has 0 aliphatic rings. The van der Waals surface area contributed by atoms with Gasteiger partial charge in [0.2, 0.25) is 11.8 Å². The fourth-order valence-electron chi connectivity index (χ4n) is 5.16. The highest BCUT2D eigenvalue weighted by Gasteiger charge is 2.35. The van der Waals surface area contributed by atoms with Gasteiger partial charge >= 0.3 is 0 Å². The lowest BCUT2D eigenvalue weighted by atomic mass is 10.0. The maximum absolute atomic E-state index is 14.6. The first-order valence-corrected chi connectivity index (χ1v) is 17.7. The van der Waals surface area contributed by atoms with E-state index in [1.54, 1.807) is 36.4 Å². The number of rotatable bonds is 13. The van der Waals surface area contributed by atoms with Crippen LogP contribution in [0, 0.1) is 6.92 Å². The van der Waals surface area contributed by atoms with Crippen LogP contribution in [-0.2, 0) is 32.6 Å². The summed E-state index contributed by atoms with van der Waals surface area (Å²) >= 11 is 3.52. The standard InChI is InChI=1S/C37H42BrN3O4S/c1-26(2)31-16-18-33(19-17-31)41(46(44,45)34-20-14-28(5)15-21-34)25-36(42)40(24-30-12-9-13-32(38)22-30)35(37(43)39-27(3)4)23-29-10-7-6-8-11-29/h6-22,26-27,35H,23-25H2,1-5H3,(H,39,43)/t35-/m1/s1. The molecule has 0 aromatic heterocycles. The van der Waals surface area contributed by atoms with Crippen LogP contribution >= 0.6 is 15.9 Å². The van der Waals surface area contributed by atoms with E-state index in [0.717, 1.165) is 31.0 Å². The van der Waals surface area contributed by atoms with Gasteiger partial charge in [-0.25, -0.2) is 8.42 Å². The summed E-state index contributed by atoms with van der Waals surface area (Å²) < 4.78 is 30.4. The van der Waals surface area contributed by atoms with Gasteiger partial charge in [0, 0.05) is 23.5 Å². The predicted molar refractivity (Wildman–Crippen MR) is 188 cm³/mol. The number of anilines is 1. The zero-order valence-corrected chi connectivity index (χ0v) is 29.4. The monoisotopic (exact) mass is 703 g/mol. The van der Waals surface area contributed by atoms with E-state index in [2.05, 4.69) is 35.1 Å². The quantitative estimate of drug-likeness (QED) is 0.159. The van der Waals surface area contributed by atoms with E-state index in [9.17, 15) is 18.0 Å². The van der Waals surface area contributed by atoms with Crippen molar-refractivity contribution in [3.8, 4) is 0 Å². The highest BCUT2D eigenvalue weighted by Crippen LogP contribution is 2.27. The molecule has 9 heteroatoms. The lowest BCUT2D eigenvalue weighted by Crippen LogP contribution is -2.54. The van der Waals surface area contributed by atoms with Gasteiger partial charge in [-0.15, -0.1) is 0 Å². The van der Waals surface area contributed by atoms with Gasteiger partial charge in [-0.3, -0.25) is 13.9 Å². The molecule has 0 unspecified atom stereocenters. The van der Waals surface area contributed by atoms with E-state index >= 15 is 0 Å². The number of sulfonamides is 1. The minimum atomic E-state index is -4.16. The number of carbonyl (C=O) groups is 2. The van der Waals surface area contributed by atoms with Crippen molar-refractivity contribution >= 4 is 43.5 Å². The first-order chi connectivity index (χ1) is 21.8. The molecule has 2 amide bonds. The fraction of sp³-hybridized carbons (Fsp3) is 0.297. The smallest absolute Gasteiger partial charge is 0.264 e. The molecule has 0 aliphatic heterocycles. The molecule has 46 heavy (non-hydrogen) atoms. The minimum absolute atomic E-state index is 0.0794.